The van der Waals surface area contributed by atoms with Crippen LogP contribution in [0.2, 0.25) is 5.02 Å². The van der Waals surface area contributed by atoms with E-state index >= 15 is 0 Å². The standard InChI is InChI=1S/C22H23ClN6O3/c1-32-19-7-6-13(23)10-14(19)20-16(12-29(27-20)17-4-2-5-18(17)30)26-22(31)15-11-25-28-9-3-8-24-21(15)28/h3,6-12,17-18,22,26,30-31H,2,4-5H2,1H3/t17-,18-,22?/m0/s1. The number of anilines is 1. The number of aromatic nitrogens is 5. The third-order valence-electron chi connectivity index (χ3n) is 5.83. The van der Waals surface area contributed by atoms with Crippen molar-refractivity contribution in [2.75, 3.05) is 12.4 Å². The number of rotatable bonds is 6. The van der Waals surface area contributed by atoms with Crippen molar-refractivity contribution in [2.45, 2.75) is 37.6 Å². The summed E-state index contributed by atoms with van der Waals surface area (Å²) in [5.41, 5.74) is 2.90. The fraction of sp³-hybridized carbons (Fsp3) is 0.318. The van der Waals surface area contributed by atoms with Crippen molar-refractivity contribution in [3.05, 3.63) is 59.6 Å². The summed E-state index contributed by atoms with van der Waals surface area (Å²) >= 11 is 6.27. The van der Waals surface area contributed by atoms with Crippen LogP contribution >= 0.6 is 11.6 Å². The first kappa shape index (κ1) is 20.7. The van der Waals surface area contributed by atoms with E-state index in [4.69, 9.17) is 21.4 Å². The minimum atomic E-state index is -1.09. The van der Waals surface area contributed by atoms with Gasteiger partial charge in [-0.3, -0.25) is 4.68 Å². The summed E-state index contributed by atoms with van der Waals surface area (Å²) in [6.07, 6.45) is 7.73. The number of nitrogens with zero attached hydrogens (tertiary/aromatic N) is 5. The Balaban J connectivity index is 1.57. The van der Waals surface area contributed by atoms with Gasteiger partial charge in [-0.25, -0.2) is 9.50 Å². The highest BCUT2D eigenvalue weighted by Crippen LogP contribution is 2.39. The molecule has 4 aromatic rings. The molecule has 0 aliphatic heterocycles. The van der Waals surface area contributed by atoms with Gasteiger partial charge in [0.1, 0.15) is 11.4 Å². The zero-order chi connectivity index (χ0) is 22.2. The predicted octanol–water partition coefficient (Wildman–Crippen LogP) is 3.44. The van der Waals surface area contributed by atoms with E-state index in [9.17, 15) is 10.2 Å². The topological polar surface area (TPSA) is 110 Å². The van der Waals surface area contributed by atoms with Gasteiger partial charge in [0.2, 0.25) is 0 Å². The van der Waals surface area contributed by atoms with Gasteiger partial charge in [0, 0.05) is 29.2 Å². The third-order valence-corrected chi connectivity index (χ3v) is 6.06. The molecule has 1 aromatic carbocycles. The second-order valence-corrected chi connectivity index (χ2v) is 8.25. The van der Waals surface area contributed by atoms with E-state index in [0.717, 1.165) is 19.3 Å². The molecular weight excluding hydrogens is 432 g/mol. The van der Waals surface area contributed by atoms with Gasteiger partial charge >= 0.3 is 0 Å². The molecule has 166 valence electrons. The lowest BCUT2D eigenvalue weighted by molar-refractivity contribution is 0.130. The Morgan fingerprint density at radius 1 is 1.31 bits per heavy atom. The van der Waals surface area contributed by atoms with Gasteiger partial charge in [-0.15, -0.1) is 0 Å². The minimum absolute atomic E-state index is 0.134. The molecule has 1 aliphatic rings. The number of hydrogen-bond acceptors (Lipinski definition) is 7. The summed E-state index contributed by atoms with van der Waals surface area (Å²) in [6.45, 7) is 0. The second kappa shape index (κ2) is 8.42. The van der Waals surface area contributed by atoms with Gasteiger partial charge in [-0.05, 0) is 43.5 Å². The summed E-state index contributed by atoms with van der Waals surface area (Å²) in [5.74, 6) is 0.599. The molecule has 0 amide bonds. The number of ether oxygens (including phenoxy) is 1. The number of hydrogen-bond donors (Lipinski definition) is 3. The van der Waals surface area contributed by atoms with Crippen LogP contribution in [0.4, 0.5) is 5.69 Å². The number of aliphatic hydroxyl groups excluding tert-OH is 2. The quantitative estimate of drug-likeness (QED) is 0.383. The Labute approximate surface area is 189 Å². The van der Waals surface area contributed by atoms with E-state index in [1.807, 2.05) is 0 Å². The average Bonchev–Trinajstić information content (AvgIpc) is 3.51. The highest BCUT2D eigenvalue weighted by Gasteiger charge is 2.30. The van der Waals surface area contributed by atoms with Crippen LogP contribution in [-0.4, -0.2) is 47.8 Å². The van der Waals surface area contributed by atoms with Gasteiger partial charge < -0.3 is 20.3 Å². The number of halogens is 1. The Morgan fingerprint density at radius 3 is 2.97 bits per heavy atom. The first-order valence-corrected chi connectivity index (χ1v) is 10.8. The van der Waals surface area contributed by atoms with Crippen LogP contribution in [0.3, 0.4) is 0 Å². The van der Waals surface area contributed by atoms with E-state index < -0.39 is 12.3 Å². The molecule has 5 rings (SSSR count). The molecule has 1 fully saturated rings. The van der Waals surface area contributed by atoms with Crippen molar-refractivity contribution in [1.82, 2.24) is 24.4 Å². The number of methoxy groups -OCH3 is 1. The lowest BCUT2D eigenvalue weighted by Crippen LogP contribution is -2.18. The fourth-order valence-electron chi connectivity index (χ4n) is 4.22. The maximum absolute atomic E-state index is 11.0. The highest BCUT2D eigenvalue weighted by molar-refractivity contribution is 6.31. The Kier molecular flexibility index (Phi) is 5.46. The number of benzene rings is 1. The van der Waals surface area contributed by atoms with Gasteiger partial charge in [-0.2, -0.15) is 10.2 Å². The van der Waals surface area contributed by atoms with Crippen molar-refractivity contribution < 1.29 is 14.9 Å². The van der Waals surface area contributed by atoms with Crippen LogP contribution in [0, 0.1) is 0 Å². The van der Waals surface area contributed by atoms with Crippen LogP contribution in [0.1, 0.15) is 37.1 Å². The number of fused-ring (bicyclic) bond motifs is 1. The summed E-state index contributed by atoms with van der Waals surface area (Å²) in [7, 11) is 1.58. The van der Waals surface area contributed by atoms with Crippen molar-refractivity contribution in [3.8, 4) is 17.0 Å². The van der Waals surface area contributed by atoms with E-state index in [0.29, 0.717) is 38.9 Å². The summed E-state index contributed by atoms with van der Waals surface area (Å²) in [6, 6.07) is 6.92. The molecule has 1 saturated carbocycles. The van der Waals surface area contributed by atoms with Gasteiger partial charge in [0.25, 0.3) is 0 Å². The van der Waals surface area contributed by atoms with Gasteiger partial charge in [0.15, 0.2) is 11.9 Å². The SMILES string of the molecule is COc1ccc(Cl)cc1-c1nn([C@H]2CCC[C@@H]2O)cc1NC(O)c1cnn2cccnc12. The first-order valence-electron chi connectivity index (χ1n) is 10.4. The normalized spacial score (nSPS) is 19.4. The van der Waals surface area contributed by atoms with Crippen molar-refractivity contribution in [2.24, 2.45) is 0 Å². The number of nitrogens with one attached hydrogen (secondary N) is 1. The molecule has 0 spiro atoms. The van der Waals surface area contributed by atoms with Gasteiger partial charge in [-0.1, -0.05) is 11.6 Å². The molecule has 0 bridgehead atoms. The van der Waals surface area contributed by atoms with E-state index in [-0.39, 0.29) is 6.04 Å². The second-order valence-electron chi connectivity index (χ2n) is 7.82. The fourth-order valence-corrected chi connectivity index (χ4v) is 4.40. The largest absolute Gasteiger partial charge is 0.496 e. The van der Waals surface area contributed by atoms with Crippen molar-refractivity contribution >= 4 is 22.9 Å². The highest BCUT2D eigenvalue weighted by atomic mass is 35.5. The molecule has 32 heavy (non-hydrogen) atoms. The van der Waals surface area contributed by atoms with Crippen LogP contribution in [0.25, 0.3) is 16.9 Å². The van der Waals surface area contributed by atoms with Crippen LogP contribution in [0.5, 0.6) is 5.75 Å². The van der Waals surface area contributed by atoms with Crippen LogP contribution < -0.4 is 10.1 Å². The molecule has 3 heterocycles. The molecule has 10 heteroatoms. The third kappa shape index (κ3) is 3.68. The summed E-state index contributed by atoms with van der Waals surface area (Å²) in [4.78, 5) is 4.31. The molecule has 1 unspecified atom stereocenters. The molecule has 1 aliphatic carbocycles. The van der Waals surface area contributed by atoms with E-state index in [2.05, 4.69) is 15.4 Å². The predicted molar refractivity (Wildman–Crippen MR) is 120 cm³/mol. The van der Waals surface area contributed by atoms with Crippen LogP contribution in [0.15, 0.2) is 49.1 Å². The minimum Gasteiger partial charge on any atom is -0.496 e. The lowest BCUT2D eigenvalue weighted by atomic mass is 10.1. The molecule has 3 N–H and O–H groups in total. The van der Waals surface area contributed by atoms with Crippen molar-refractivity contribution in [3.63, 3.8) is 0 Å². The van der Waals surface area contributed by atoms with Crippen molar-refractivity contribution in [1.29, 1.82) is 0 Å². The van der Waals surface area contributed by atoms with Gasteiger partial charge in [0.05, 0.1) is 36.7 Å². The molecule has 3 aromatic heterocycles. The zero-order valence-corrected chi connectivity index (χ0v) is 18.1. The molecule has 0 radical (unpaired) electrons. The molecular formula is C22H23ClN6O3. The molecule has 3 atom stereocenters. The Morgan fingerprint density at radius 2 is 2.19 bits per heavy atom. The van der Waals surface area contributed by atoms with E-state index in [1.165, 1.54) is 0 Å². The maximum atomic E-state index is 11.0. The molecule has 9 nitrogen and oxygen atoms in total. The maximum Gasteiger partial charge on any atom is 0.162 e. The summed E-state index contributed by atoms with van der Waals surface area (Å²) in [5, 5.41) is 34.1. The number of aliphatic hydroxyl groups is 2. The Hall–Kier alpha value is -3.14. The summed E-state index contributed by atoms with van der Waals surface area (Å²) < 4.78 is 8.89. The first-order chi connectivity index (χ1) is 15.5. The molecule has 0 saturated heterocycles. The Bertz CT molecular complexity index is 1260. The lowest BCUT2D eigenvalue weighted by Gasteiger charge is -2.14. The van der Waals surface area contributed by atoms with E-state index in [1.54, 1.807) is 65.4 Å². The monoisotopic (exact) mass is 454 g/mol. The average molecular weight is 455 g/mol. The van der Waals surface area contributed by atoms with Crippen LogP contribution in [-0.2, 0) is 0 Å². The zero-order valence-electron chi connectivity index (χ0n) is 17.4. The smallest absolute Gasteiger partial charge is 0.162 e.